The molecule has 2 aromatic carbocycles. The molecule has 0 aliphatic carbocycles. The smallest absolute Gasteiger partial charge is 0.257 e. The van der Waals surface area contributed by atoms with Gasteiger partial charge < -0.3 is 5.32 Å². The molecule has 1 aliphatic rings. The maximum absolute atomic E-state index is 12.5. The molecule has 3 aromatic rings. The average molecular weight is 387 g/mol. The Bertz CT molecular complexity index is 898. The number of nitrogens with zero attached hydrogens (tertiary/aromatic N) is 2. The lowest BCUT2D eigenvalue weighted by Crippen LogP contribution is -2.24. The van der Waals surface area contributed by atoms with Crippen molar-refractivity contribution in [1.82, 2.24) is 15.5 Å². The van der Waals surface area contributed by atoms with Gasteiger partial charge in [0.05, 0.1) is 0 Å². The molecule has 2 heterocycles. The number of carbonyl (C=O) groups is 1. The van der Waals surface area contributed by atoms with E-state index in [2.05, 4.69) is 33.0 Å². The molecule has 7 heteroatoms. The zero-order valence-electron chi connectivity index (χ0n) is 14.1. The van der Waals surface area contributed by atoms with Gasteiger partial charge in [0.1, 0.15) is 5.01 Å². The van der Waals surface area contributed by atoms with Crippen LogP contribution in [0.4, 0.5) is 5.13 Å². The van der Waals surface area contributed by atoms with Crippen LogP contribution in [0, 0.1) is 0 Å². The first-order valence-electron chi connectivity index (χ1n) is 8.28. The molecule has 134 valence electrons. The topological polar surface area (TPSA) is 66.9 Å². The summed E-state index contributed by atoms with van der Waals surface area (Å²) >= 11 is 1.42. The summed E-state index contributed by atoms with van der Waals surface area (Å²) in [6.07, 6.45) is 1.68. The lowest BCUT2D eigenvalue weighted by molar-refractivity contribution is 0.102. The summed E-state index contributed by atoms with van der Waals surface area (Å²) < 4.78 is 0. The molecule has 0 saturated carbocycles. The normalized spacial score (nSPS) is 12.8. The Hall–Kier alpha value is -2.28. The quantitative estimate of drug-likeness (QED) is 0.720. The van der Waals surface area contributed by atoms with Gasteiger partial charge in [-0.15, -0.1) is 22.6 Å². The number of hydrogen-bond donors (Lipinski definition) is 2. The molecule has 5 nitrogen and oxygen atoms in total. The number of hydrogen-bond acceptors (Lipinski definition) is 5. The van der Waals surface area contributed by atoms with Gasteiger partial charge in [0.25, 0.3) is 5.91 Å². The Morgan fingerprint density at radius 3 is 2.81 bits per heavy atom. The van der Waals surface area contributed by atoms with Crippen molar-refractivity contribution in [2.24, 2.45) is 0 Å². The Morgan fingerprint density at radius 1 is 1.12 bits per heavy atom. The summed E-state index contributed by atoms with van der Waals surface area (Å²) in [6, 6.07) is 16.0. The summed E-state index contributed by atoms with van der Waals surface area (Å²) in [5.74, 6) is -0.135. The van der Waals surface area contributed by atoms with Crippen molar-refractivity contribution in [3.8, 4) is 0 Å². The predicted octanol–water partition coefficient (Wildman–Crippen LogP) is 3.45. The number of anilines is 1. The molecule has 0 fully saturated rings. The summed E-state index contributed by atoms with van der Waals surface area (Å²) in [6.45, 7) is 1.83. The molecule has 1 amide bonds. The summed E-state index contributed by atoms with van der Waals surface area (Å²) in [5, 5.41) is 15.9. The van der Waals surface area contributed by atoms with E-state index < -0.39 is 0 Å². The van der Waals surface area contributed by atoms with Crippen LogP contribution in [-0.4, -0.2) is 22.6 Å². The van der Waals surface area contributed by atoms with Crippen LogP contribution in [0.5, 0.6) is 0 Å². The molecule has 26 heavy (non-hydrogen) atoms. The minimum absolute atomic E-state index is 0. The number of nitrogens with one attached hydrogen (secondary N) is 2. The van der Waals surface area contributed by atoms with Gasteiger partial charge in [-0.25, -0.2) is 0 Å². The van der Waals surface area contributed by atoms with E-state index in [9.17, 15) is 4.79 Å². The van der Waals surface area contributed by atoms with Gasteiger partial charge in [0, 0.05) is 18.5 Å². The number of fused-ring (bicyclic) bond motifs is 1. The van der Waals surface area contributed by atoms with Gasteiger partial charge in [-0.2, -0.15) is 0 Å². The lowest BCUT2D eigenvalue weighted by Gasteiger charge is -2.17. The van der Waals surface area contributed by atoms with Crippen LogP contribution in [0.15, 0.2) is 48.5 Å². The van der Waals surface area contributed by atoms with E-state index in [4.69, 9.17) is 0 Å². The van der Waals surface area contributed by atoms with Crippen molar-refractivity contribution in [3.63, 3.8) is 0 Å². The fourth-order valence-corrected chi connectivity index (χ4v) is 3.70. The van der Waals surface area contributed by atoms with Gasteiger partial charge >= 0.3 is 0 Å². The fourth-order valence-electron chi connectivity index (χ4n) is 2.93. The summed E-state index contributed by atoms with van der Waals surface area (Å²) in [4.78, 5) is 12.5. The number of carbonyl (C=O) groups excluding carboxylic acids is 1. The van der Waals surface area contributed by atoms with E-state index in [0.717, 1.165) is 30.9 Å². The number of rotatable bonds is 4. The Labute approximate surface area is 162 Å². The van der Waals surface area contributed by atoms with Crippen LogP contribution in [0.1, 0.15) is 32.1 Å². The molecular weight excluding hydrogens is 368 g/mol. The first kappa shape index (κ1) is 18.5. The van der Waals surface area contributed by atoms with Crippen LogP contribution < -0.4 is 10.6 Å². The van der Waals surface area contributed by atoms with Crippen LogP contribution in [0.25, 0.3) is 0 Å². The Morgan fingerprint density at radius 2 is 1.96 bits per heavy atom. The van der Waals surface area contributed by atoms with Crippen LogP contribution >= 0.6 is 23.7 Å². The van der Waals surface area contributed by atoms with Gasteiger partial charge in [-0.1, -0.05) is 47.7 Å². The fraction of sp³-hybridized carbons (Fsp3) is 0.211. The van der Waals surface area contributed by atoms with Crippen LogP contribution in [-0.2, 0) is 19.4 Å². The van der Waals surface area contributed by atoms with Gasteiger partial charge in [-0.05, 0) is 41.8 Å². The highest BCUT2D eigenvalue weighted by atomic mass is 35.5. The van der Waals surface area contributed by atoms with Crippen molar-refractivity contribution in [2.45, 2.75) is 19.4 Å². The van der Waals surface area contributed by atoms with E-state index in [-0.39, 0.29) is 18.3 Å². The third-order valence-electron chi connectivity index (χ3n) is 4.24. The van der Waals surface area contributed by atoms with Gasteiger partial charge in [0.15, 0.2) is 0 Å². The van der Waals surface area contributed by atoms with Gasteiger partial charge in [-0.3, -0.25) is 10.1 Å². The second kappa shape index (κ2) is 8.40. The Kier molecular flexibility index (Phi) is 5.98. The molecule has 0 saturated heterocycles. The molecule has 0 atom stereocenters. The second-order valence-electron chi connectivity index (χ2n) is 6.03. The average Bonchev–Trinajstić information content (AvgIpc) is 3.09. The number of amides is 1. The maximum Gasteiger partial charge on any atom is 0.257 e. The third kappa shape index (κ3) is 4.27. The van der Waals surface area contributed by atoms with E-state index in [0.29, 0.717) is 10.7 Å². The molecule has 0 bridgehead atoms. The first-order chi connectivity index (χ1) is 12.3. The number of aromatic nitrogens is 2. The van der Waals surface area contributed by atoms with Gasteiger partial charge in [0.2, 0.25) is 5.13 Å². The zero-order valence-corrected chi connectivity index (χ0v) is 15.7. The minimum atomic E-state index is -0.135. The molecule has 1 aliphatic heterocycles. The van der Waals surface area contributed by atoms with E-state index >= 15 is 0 Å². The largest absolute Gasteiger partial charge is 0.312 e. The first-order valence-corrected chi connectivity index (χ1v) is 9.10. The highest BCUT2D eigenvalue weighted by molar-refractivity contribution is 7.15. The summed E-state index contributed by atoms with van der Waals surface area (Å²) in [5.41, 5.74) is 4.36. The monoisotopic (exact) mass is 386 g/mol. The van der Waals surface area contributed by atoms with E-state index in [1.807, 2.05) is 36.4 Å². The van der Waals surface area contributed by atoms with E-state index in [1.165, 1.54) is 28.0 Å². The maximum atomic E-state index is 12.5. The van der Waals surface area contributed by atoms with Crippen molar-refractivity contribution in [3.05, 3.63) is 75.8 Å². The molecule has 2 N–H and O–H groups in total. The summed E-state index contributed by atoms with van der Waals surface area (Å²) in [7, 11) is 0. The molecule has 0 radical (unpaired) electrons. The molecular formula is C19H19ClN4OS. The predicted molar refractivity (Wildman–Crippen MR) is 106 cm³/mol. The van der Waals surface area contributed by atoms with Crippen molar-refractivity contribution in [2.75, 3.05) is 11.9 Å². The standard InChI is InChI=1S/C19H18N4OS.ClH/c24-18(15-6-7-16-12-20-9-8-14(16)11-15)21-19-23-22-17(25-19)10-13-4-2-1-3-5-13;/h1-7,11,20H,8-10,12H2,(H,21,23,24);1H. The highest BCUT2D eigenvalue weighted by Gasteiger charge is 2.14. The Balaban J connectivity index is 0.00000196. The second-order valence-corrected chi connectivity index (χ2v) is 7.09. The van der Waals surface area contributed by atoms with Crippen LogP contribution in [0.2, 0.25) is 0 Å². The molecule has 0 spiro atoms. The van der Waals surface area contributed by atoms with Crippen LogP contribution in [0.3, 0.4) is 0 Å². The number of benzene rings is 2. The van der Waals surface area contributed by atoms with E-state index in [1.54, 1.807) is 0 Å². The highest BCUT2D eigenvalue weighted by Crippen LogP contribution is 2.21. The van der Waals surface area contributed by atoms with Crippen molar-refractivity contribution >= 4 is 34.8 Å². The molecule has 1 aromatic heterocycles. The SMILES string of the molecule is Cl.O=C(Nc1nnc(Cc2ccccc2)s1)c1ccc2c(c1)CCNC2. The zero-order chi connectivity index (χ0) is 17.1. The lowest BCUT2D eigenvalue weighted by atomic mass is 9.98. The minimum Gasteiger partial charge on any atom is -0.312 e. The number of halogens is 1. The van der Waals surface area contributed by atoms with Crippen molar-refractivity contribution in [1.29, 1.82) is 0 Å². The molecule has 4 rings (SSSR count). The van der Waals surface area contributed by atoms with Crippen molar-refractivity contribution < 1.29 is 4.79 Å². The third-order valence-corrected chi connectivity index (χ3v) is 5.08. The molecule has 0 unspecified atom stereocenters.